The molecule has 0 aliphatic carbocycles. The Bertz CT molecular complexity index is 954. The van der Waals surface area contributed by atoms with Gasteiger partial charge in [-0.25, -0.2) is 5.43 Å². The number of hydrogen-bond acceptors (Lipinski definition) is 4. The number of nitrogens with zero attached hydrogens (tertiary/aromatic N) is 1. The van der Waals surface area contributed by atoms with Gasteiger partial charge in [0.1, 0.15) is 11.5 Å². The molecule has 0 saturated heterocycles. The summed E-state index contributed by atoms with van der Waals surface area (Å²) >= 11 is 2.00. The lowest BCUT2D eigenvalue weighted by atomic mass is 10.1. The Labute approximate surface area is 151 Å². The van der Waals surface area contributed by atoms with Crippen molar-refractivity contribution in [1.29, 1.82) is 0 Å². The lowest BCUT2D eigenvalue weighted by Gasteiger charge is -2.05. The Hall–Kier alpha value is -2.61. The summed E-state index contributed by atoms with van der Waals surface area (Å²) in [5, 5.41) is 25.1. The zero-order valence-electron chi connectivity index (χ0n) is 12.4. The topological polar surface area (TPSA) is 81.9 Å². The molecule has 6 heteroatoms. The molecule has 0 radical (unpaired) electrons. The van der Waals surface area contributed by atoms with Crippen molar-refractivity contribution < 1.29 is 15.0 Å². The van der Waals surface area contributed by atoms with Gasteiger partial charge < -0.3 is 10.2 Å². The minimum atomic E-state index is -0.497. The number of carbonyl (C=O) groups excluding carboxylic acids is 1. The second kappa shape index (κ2) is 6.88. The van der Waals surface area contributed by atoms with Crippen molar-refractivity contribution in [2.24, 2.45) is 5.10 Å². The molecule has 3 rings (SSSR count). The summed E-state index contributed by atoms with van der Waals surface area (Å²) in [7, 11) is 0. The van der Waals surface area contributed by atoms with E-state index in [1.54, 1.807) is 30.3 Å². The van der Waals surface area contributed by atoms with Crippen LogP contribution in [0.3, 0.4) is 0 Å². The summed E-state index contributed by atoms with van der Waals surface area (Å²) < 4.78 is 0.690. The minimum Gasteiger partial charge on any atom is -0.507 e. The molecule has 0 spiro atoms. The molecular weight excluding hydrogens is 419 g/mol. The fourth-order valence-corrected chi connectivity index (χ4v) is 2.78. The second-order valence-electron chi connectivity index (χ2n) is 5.13. The molecule has 0 saturated carbocycles. The van der Waals surface area contributed by atoms with Gasteiger partial charge in [0.25, 0.3) is 5.91 Å². The smallest absolute Gasteiger partial charge is 0.275 e. The van der Waals surface area contributed by atoms with Crippen LogP contribution in [-0.4, -0.2) is 22.3 Å². The molecule has 0 atom stereocenters. The predicted octanol–water partition coefficient (Wildman–Crippen LogP) is 3.62. The minimum absolute atomic E-state index is 0.0967. The van der Waals surface area contributed by atoms with Crippen LogP contribution < -0.4 is 5.43 Å². The van der Waals surface area contributed by atoms with Gasteiger partial charge in [0.15, 0.2) is 0 Å². The number of halogens is 1. The maximum Gasteiger partial charge on any atom is 0.275 e. The molecule has 3 aromatic rings. The molecule has 0 aliphatic rings. The first-order valence-electron chi connectivity index (χ1n) is 7.08. The van der Waals surface area contributed by atoms with Crippen LogP contribution in [0.15, 0.2) is 59.7 Å². The molecular formula is C18H13IN2O3. The lowest BCUT2D eigenvalue weighted by molar-refractivity contribution is 0.0952. The number of aromatic hydroxyl groups is 2. The monoisotopic (exact) mass is 432 g/mol. The van der Waals surface area contributed by atoms with E-state index < -0.39 is 5.91 Å². The molecule has 1 amide bonds. The fourth-order valence-electron chi connectivity index (χ4n) is 2.24. The average molecular weight is 432 g/mol. The highest BCUT2D eigenvalue weighted by molar-refractivity contribution is 14.1. The third kappa shape index (κ3) is 3.48. The second-order valence-corrected chi connectivity index (χ2v) is 6.29. The van der Waals surface area contributed by atoms with Gasteiger partial charge in [0, 0.05) is 0 Å². The van der Waals surface area contributed by atoms with Crippen molar-refractivity contribution in [1.82, 2.24) is 5.43 Å². The standard InChI is InChI=1S/C18H13IN2O3/c19-15-7-11(5-6-16(15)22)10-20-21-18(24)14-8-12-3-1-2-4-13(12)9-17(14)23/h1-10,22-23H,(H,21,24). The van der Waals surface area contributed by atoms with E-state index >= 15 is 0 Å². The van der Waals surface area contributed by atoms with Crippen molar-refractivity contribution in [3.63, 3.8) is 0 Å². The number of nitrogens with one attached hydrogen (secondary N) is 1. The SMILES string of the molecule is O=C(NN=Cc1ccc(O)c(I)c1)c1cc2ccccc2cc1O. The molecule has 0 aromatic heterocycles. The number of rotatable bonds is 3. The Morgan fingerprint density at radius 2 is 1.71 bits per heavy atom. The van der Waals surface area contributed by atoms with Crippen LogP contribution in [0.4, 0.5) is 0 Å². The maximum absolute atomic E-state index is 12.2. The van der Waals surface area contributed by atoms with Gasteiger partial charge in [-0.15, -0.1) is 0 Å². The Kier molecular flexibility index (Phi) is 4.66. The molecule has 24 heavy (non-hydrogen) atoms. The maximum atomic E-state index is 12.2. The molecule has 0 heterocycles. The van der Waals surface area contributed by atoms with Gasteiger partial charge in [-0.05, 0) is 69.3 Å². The Balaban J connectivity index is 1.78. The van der Waals surface area contributed by atoms with E-state index in [0.29, 0.717) is 3.57 Å². The summed E-state index contributed by atoms with van der Waals surface area (Å²) in [6.07, 6.45) is 1.47. The highest BCUT2D eigenvalue weighted by atomic mass is 127. The molecule has 120 valence electrons. The summed E-state index contributed by atoms with van der Waals surface area (Å²) in [5.74, 6) is -0.401. The average Bonchev–Trinajstić information content (AvgIpc) is 2.57. The number of hydrogen-bond donors (Lipinski definition) is 3. The normalized spacial score (nSPS) is 11.0. The van der Waals surface area contributed by atoms with Crippen LogP contribution in [0.5, 0.6) is 11.5 Å². The van der Waals surface area contributed by atoms with Crippen LogP contribution in [0, 0.1) is 3.57 Å². The molecule has 3 N–H and O–H groups in total. The molecule has 0 aliphatic heterocycles. The number of benzene rings is 3. The van der Waals surface area contributed by atoms with Crippen LogP contribution in [-0.2, 0) is 0 Å². The molecule has 0 fully saturated rings. The van der Waals surface area contributed by atoms with E-state index in [2.05, 4.69) is 10.5 Å². The van der Waals surface area contributed by atoms with E-state index in [9.17, 15) is 15.0 Å². The summed E-state index contributed by atoms with van der Waals surface area (Å²) in [6, 6.07) is 15.6. The van der Waals surface area contributed by atoms with Crippen molar-refractivity contribution in [3.05, 3.63) is 69.3 Å². The Morgan fingerprint density at radius 1 is 1.00 bits per heavy atom. The van der Waals surface area contributed by atoms with Crippen molar-refractivity contribution in [2.75, 3.05) is 0 Å². The quantitative estimate of drug-likeness (QED) is 0.336. The largest absolute Gasteiger partial charge is 0.507 e. The highest BCUT2D eigenvalue weighted by Crippen LogP contribution is 2.25. The lowest BCUT2D eigenvalue weighted by Crippen LogP contribution is -2.17. The third-order valence-electron chi connectivity index (χ3n) is 3.46. The number of fused-ring (bicyclic) bond motifs is 1. The number of phenols is 2. The molecule has 0 unspecified atom stereocenters. The molecule has 5 nitrogen and oxygen atoms in total. The van der Waals surface area contributed by atoms with Gasteiger partial charge in [0.05, 0.1) is 15.3 Å². The van der Waals surface area contributed by atoms with E-state index in [1.807, 2.05) is 46.9 Å². The van der Waals surface area contributed by atoms with E-state index in [4.69, 9.17) is 0 Å². The van der Waals surface area contributed by atoms with Crippen LogP contribution in [0.25, 0.3) is 10.8 Å². The first-order chi connectivity index (χ1) is 11.5. The zero-order chi connectivity index (χ0) is 17.1. The van der Waals surface area contributed by atoms with Gasteiger partial charge in [0.2, 0.25) is 0 Å². The van der Waals surface area contributed by atoms with E-state index in [-0.39, 0.29) is 17.1 Å². The van der Waals surface area contributed by atoms with Crippen LogP contribution in [0.2, 0.25) is 0 Å². The highest BCUT2D eigenvalue weighted by Gasteiger charge is 2.11. The third-order valence-corrected chi connectivity index (χ3v) is 4.32. The molecule has 3 aromatic carbocycles. The van der Waals surface area contributed by atoms with E-state index in [0.717, 1.165) is 16.3 Å². The van der Waals surface area contributed by atoms with Crippen LogP contribution in [0.1, 0.15) is 15.9 Å². The number of phenolic OH excluding ortho intramolecular Hbond substituents is 2. The van der Waals surface area contributed by atoms with Crippen LogP contribution >= 0.6 is 22.6 Å². The van der Waals surface area contributed by atoms with Crippen molar-refractivity contribution in [3.8, 4) is 11.5 Å². The van der Waals surface area contributed by atoms with Crippen molar-refractivity contribution >= 4 is 45.5 Å². The number of carbonyl (C=O) groups is 1. The van der Waals surface area contributed by atoms with Gasteiger partial charge in [-0.1, -0.05) is 24.3 Å². The number of hydrazone groups is 1. The zero-order valence-corrected chi connectivity index (χ0v) is 14.6. The predicted molar refractivity (Wildman–Crippen MR) is 101 cm³/mol. The van der Waals surface area contributed by atoms with Gasteiger partial charge in [-0.3, -0.25) is 4.79 Å². The summed E-state index contributed by atoms with van der Waals surface area (Å²) in [4.78, 5) is 12.2. The summed E-state index contributed by atoms with van der Waals surface area (Å²) in [6.45, 7) is 0. The Morgan fingerprint density at radius 3 is 2.42 bits per heavy atom. The fraction of sp³-hybridized carbons (Fsp3) is 0. The summed E-state index contributed by atoms with van der Waals surface area (Å²) in [5.41, 5.74) is 3.29. The first kappa shape index (κ1) is 16.3. The van der Waals surface area contributed by atoms with E-state index in [1.165, 1.54) is 6.21 Å². The van der Waals surface area contributed by atoms with Gasteiger partial charge >= 0.3 is 0 Å². The van der Waals surface area contributed by atoms with Gasteiger partial charge in [-0.2, -0.15) is 5.10 Å². The molecule has 0 bridgehead atoms. The van der Waals surface area contributed by atoms with Crippen molar-refractivity contribution in [2.45, 2.75) is 0 Å². The first-order valence-corrected chi connectivity index (χ1v) is 8.16. The number of amides is 1.